The fourth-order valence-corrected chi connectivity index (χ4v) is 1.59. The van der Waals surface area contributed by atoms with Crippen LogP contribution < -0.4 is 21.3 Å². The summed E-state index contributed by atoms with van der Waals surface area (Å²) in [7, 11) is 1.59. The van der Waals surface area contributed by atoms with E-state index in [-0.39, 0.29) is 44.3 Å². The first-order valence-electron chi connectivity index (χ1n) is 7.37. The van der Waals surface area contributed by atoms with Crippen molar-refractivity contribution in [1.82, 2.24) is 21.3 Å². The minimum atomic E-state index is -0.768. The zero-order chi connectivity index (χ0) is 18.5. The smallest absolute Gasteiger partial charge is 0.239 e. The SMILES string of the molecule is CNCC(=O)NCC(=O)NCC(=O)NCC(=O)CC(CO)C(C)=O. The maximum atomic E-state index is 11.6. The van der Waals surface area contributed by atoms with Crippen molar-refractivity contribution >= 4 is 29.3 Å². The van der Waals surface area contributed by atoms with Gasteiger partial charge in [0.15, 0.2) is 5.78 Å². The summed E-state index contributed by atoms with van der Waals surface area (Å²) in [6.07, 6.45) is -0.157. The topological polar surface area (TPSA) is 154 Å². The van der Waals surface area contributed by atoms with Gasteiger partial charge in [-0.2, -0.15) is 0 Å². The molecule has 0 aliphatic carbocycles. The Balaban J connectivity index is 3.93. The highest BCUT2D eigenvalue weighted by Crippen LogP contribution is 2.03. The van der Waals surface area contributed by atoms with E-state index in [0.717, 1.165) is 0 Å². The first-order chi connectivity index (χ1) is 11.3. The summed E-state index contributed by atoms with van der Waals surface area (Å²) in [4.78, 5) is 56.7. The molecule has 3 amide bonds. The molecule has 0 bridgehead atoms. The molecule has 0 radical (unpaired) electrons. The van der Waals surface area contributed by atoms with Crippen LogP contribution in [0.1, 0.15) is 13.3 Å². The van der Waals surface area contributed by atoms with E-state index < -0.39 is 30.1 Å². The first kappa shape index (κ1) is 21.7. The van der Waals surface area contributed by atoms with Crippen molar-refractivity contribution in [2.45, 2.75) is 13.3 Å². The van der Waals surface area contributed by atoms with Gasteiger partial charge < -0.3 is 26.4 Å². The van der Waals surface area contributed by atoms with Crippen molar-refractivity contribution in [2.24, 2.45) is 5.92 Å². The number of aliphatic hydroxyl groups is 1. The second-order valence-corrected chi connectivity index (χ2v) is 5.09. The van der Waals surface area contributed by atoms with Gasteiger partial charge >= 0.3 is 0 Å². The van der Waals surface area contributed by atoms with Crippen molar-refractivity contribution in [3.05, 3.63) is 0 Å². The monoisotopic (exact) mass is 344 g/mol. The van der Waals surface area contributed by atoms with E-state index in [9.17, 15) is 24.0 Å². The first-order valence-corrected chi connectivity index (χ1v) is 7.37. The second-order valence-electron chi connectivity index (χ2n) is 5.09. The number of hydrogen-bond donors (Lipinski definition) is 5. The lowest BCUT2D eigenvalue weighted by Gasteiger charge is -2.10. The number of hydrogen-bond acceptors (Lipinski definition) is 7. The minimum Gasteiger partial charge on any atom is -0.396 e. The van der Waals surface area contributed by atoms with Gasteiger partial charge in [0.1, 0.15) is 5.78 Å². The lowest BCUT2D eigenvalue weighted by atomic mass is 9.99. The maximum Gasteiger partial charge on any atom is 0.239 e. The molecule has 1 atom stereocenters. The van der Waals surface area contributed by atoms with Crippen molar-refractivity contribution in [3.8, 4) is 0 Å². The molecule has 0 aromatic rings. The summed E-state index contributed by atoms with van der Waals surface area (Å²) in [5, 5.41) is 18.5. The van der Waals surface area contributed by atoms with Crippen LogP contribution in [0.15, 0.2) is 0 Å². The van der Waals surface area contributed by atoms with Gasteiger partial charge in [-0.05, 0) is 14.0 Å². The highest BCUT2D eigenvalue weighted by atomic mass is 16.3. The number of nitrogens with one attached hydrogen (secondary N) is 4. The van der Waals surface area contributed by atoms with Gasteiger partial charge in [-0.1, -0.05) is 0 Å². The summed E-state index contributed by atoms with van der Waals surface area (Å²) in [5.74, 6) is -2.95. The van der Waals surface area contributed by atoms with Gasteiger partial charge in [0.05, 0.1) is 32.8 Å². The van der Waals surface area contributed by atoms with E-state index in [4.69, 9.17) is 5.11 Å². The number of likely N-dealkylation sites (N-methyl/N-ethyl adjacent to an activating group) is 1. The van der Waals surface area contributed by atoms with Gasteiger partial charge in [0.2, 0.25) is 17.7 Å². The molecule has 5 N–H and O–H groups in total. The van der Waals surface area contributed by atoms with E-state index >= 15 is 0 Å². The summed E-state index contributed by atoms with van der Waals surface area (Å²) >= 11 is 0. The molecule has 0 rings (SSSR count). The average Bonchev–Trinajstić information content (AvgIpc) is 2.53. The Labute approximate surface area is 139 Å². The van der Waals surface area contributed by atoms with Crippen LogP contribution in [0.25, 0.3) is 0 Å². The number of carbonyl (C=O) groups is 5. The fraction of sp³-hybridized carbons (Fsp3) is 0.643. The third kappa shape index (κ3) is 10.4. The molecular weight excluding hydrogens is 320 g/mol. The van der Waals surface area contributed by atoms with Crippen LogP contribution in [0, 0.1) is 5.92 Å². The van der Waals surface area contributed by atoms with Gasteiger partial charge in [-0.3, -0.25) is 24.0 Å². The fourth-order valence-electron chi connectivity index (χ4n) is 1.59. The Morgan fingerprint density at radius 1 is 0.833 bits per heavy atom. The highest BCUT2D eigenvalue weighted by molar-refractivity contribution is 5.92. The molecule has 0 aliphatic rings. The van der Waals surface area contributed by atoms with Crippen molar-refractivity contribution in [2.75, 3.05) is 39.8 Å². The van der Waals surface area contributed by atoms with E-state index in [2.05, 4.69) is 21.3 Å². The molecule has 0 aromatic heterocycles. The van der Waals surface area contributed by atoms with E-state index in [1.165, 1.54) is 6.92 Å². The molecule has 24 heavy (non-hydrogen) atoms. The van der Waals surface area contributed by atoms with Crippen LogP contribution in [0.2, 0.25) is 0 Å². The van der Waals surface area contributed by atoms with Crippen molar-refractivity contribution in [1.29, 1.82) is 0 Å². The van der Waals surface area contributed by atoms with E-state index in [1.807, 2.05) is 0 Å². The molecule has 136 valence electrons. The molecule has 0 saturated carbocycles. The molecule has 0 spiro atoms. The summed E-state index contributed by atoms with van der Waals surface area (Å²) in [6, 6.07) is 0. The summed E-state index contributed by atoms with van der Waals surface area (Å²) in [6.45, 7) is 0.0258. The highest BCUT2D eigenvalue weighted by Gasteiger charge is 2.17. The van der Waals surface area contributed by atoms with Gasteiger partial charge in [-0.15, -0.1) is 0 Å². The number of rotatable bonds is 12. The molecule has 1 unspecified atom stereocenters. The van der Waals surface area contributed by atoms with Crippen LogP contribution in [-0.2, 0) is 24.0 Å². The molecular formula is C14H24N4O6. The van der Waals surface area contributed by atoms with Crippen LogP contribution in [0.4, 0.5) is 0 Å². The zero-order valence-electron chi connectivity index (χ0n) is 13.8. The van der Waals surface area contributed by atoms with Crippen LogP contribution >= 0.6 is 0 Å². The third-order valence-corrected chi connectivity index (χ3v) is 2.98. The second kappa shape index (κ2) is 12.1. The molecule has 0 aliphatic heterocycles. The Morgan fingerprint density at radius 2 is 1.29 bits per heavy atom. The molecule has 0 fully saturated rings. The number of carbonyl (C=O) groups excluding carboxylic acids is 5. The average molecular weight is 344 g/mol. The van der Waals surface area contributed by atoms with Crippen molar-refractivity contribution < 1.29 is 29.1 Å². The third-order valence-electron chi connectivity index (χ3n) is 2.98. The Morgan fingerprint density at radius 3 is 1.71 bits per heavy atom. The van der Waals surface area contributed by atoms with Crippen molar-refractivity contribution in [3.63, 3.8) is 0 Å². The number of ketones is 2. The van der Waals surface area contributed by atoms with Crippen LogP contribution in [0.5, 0.6) is 0 Å². The normalized spacial score (nSPS) is 11.3. The van der Waals surface area contributed by atoms with Crippen LogP contribution in [-0.4, -0.2) is 74.2 Å². The predicted molar refractivity (Wildman–Crippen MR) is 83.8 cm³/mol. The number of Topliss-reactive ketones (excluding diaryl/α,β-unsaturated/α-hetero) is 2. The van der Waals surface area contributed by atoms with Gasteiger partial charge in [0.25, 0.3) is 0 Å². The van der Waals surface area contributed by atoms with Crippen LogP contribution in [0.3, 0.4) is 0 Å². The number of amides is 3. The predicted octanol–water partition coefficient (Wildman–Crippen LogP) is -3.29. The summed E-state index contributed by atoms with van der Waals surface area (Å²) in [5.41, 5.74) is 0. The molecule has 0 heterocycles. The molecule has 0 saturated heterocycles. The Bertz CT molecular complexity index is 480. The summed E-state index contributed by atoms with van der Waals surface area (Å²) < 4.78 is 0. The lowest BCUT2D eigenvalue weighted by Crippen LogP contribution is -2.44. The van der Waals surface area contributed by atoms with E-state index in [0.29, 0.717) is 0 Å². The number of aliphatic hydroxyl groups excluding tert-OH is 1. The molecule has 10 nitrogen and oxygen atoms in total. The lowest BCUT2D eigenvalue weighted by molar-refractivity contribution is -0.129. The Kier molecular flexibility index (Phi) is 11.0. The zero-order valence-corrected chi connectivity index (χ0v) is 13.8. The molecule has 0 aromatic carbocycles. The van der Waals surface area contributed by atoms with Gasteiger partial charge in [0, 0.05) is 12.3 Å². The standard InChI is InChI=1S/C14H24N4O6/c1-9(20)10(8-19)3-11(21)4-16-13(23)6-18-14(24)7-17-12(22)5-15-2/h10,15,19H,3-8H2,1-2H3,(H,16,23)(H,17,22)(H,18,24). The van der Waals surface area contributed by atoms with E-state index in [1.54, 1.807) is 7.05 Å². The Hall–Kier alpha value is -2.33. The van der Waals surface area contributed by atoms with Gasteiger partial charge in [-0.25, -0.2) is 0 Å². The largest absolute Gasteiger partial charge is 0.396 e. The quantitative estimate of drug-likeness (QED) is 0.249. The maximum absolute atomic E-state index is 11.6. The minimum absolute atomic E-state index is 0.0744. The molecule has 10 heteroatoms.